The third-order valence-electron chi connectivity index (χ3n) is 4.06. The van der Waals surface area contributed by atoms with E-state index in [4.69, 9.17) is 15.2 Å². The van der Waals surface area contributed by atoms with E-state index in [0.29, 0.717) is 24.5 Å². The van der Waals surface area contributed by atoms with Gasteiger partial charge in [0.15, 0.2) is 0 Å². The molecule has 1 heterocycles. The molecular weight excluding hydrogens is 294 g/mol. The smallest absolute Gasteiger partial charge is 0.255 e. The van der Waals surface area contributed by atoms with Crippen molar-refractivity contribution in [1.29, 1.82) is 0 Å². The molecule has 1 fully saturated rings. The quantitative estimate of drug-likeness (QED) is 0.726. The van der Waals surface area contributed by atoms with Gasteiger partial charge in [0.2, 0.25) is 0 Å². The second-order valence-electron chi connectivity index (χ2n) is 6.07. The van der Waals surface area contributed by atoms with Crippen LogP contribution < -0.4 is 15.8 Å². The summed E-state index contributed by atoms with van der Waals surface area (Å²) in [5, 5.41) is 3.07. The molecule has 6 heteroatoms. The maximum atomic E-state index is 12.6. The van der Waals surface area contributed by atoms with Crippen molar-refractivity contribution in [2.45, 2.75) is 25.5 Å². The van der Waals surface area contributed by atoms with Crippen molar-refractivity contribution in [3.8, 4) is 5.75 Å². The molecule has 128 valence electrons. The first kappa shape index (κ1) is 17.7. The van der Waals surface area contributed by atoms with E-state index >= 15 is 0 Å². The Balaban J connectivity index is 2.09. The summed E-state index contributed by atoms with van der Waals surface area (Å²) >= 11 is 0. The SMILES string of the molecule is CO[C@@H]1CN(C)C[C@H]1NC(=O)c1ccc(C)cc1OCCCN. The third-order valence-corrected chi connectivity index (χ3v) is 4.06. The summed E-state index contributed by atoms with van der Waals surface area (Å²) in [6.45, 7) is 4.64. The average Bonchev–Trinajstić information content (AvgIpc) is 2.87. The van der Waals surface area contributed by atoms with Gasteiger partial charge in [-0.2, -0.15) is 0 Å². The van der Waals surface area contributed by atoms with E-state index in [1.807, 2.05) is 32.2 Å². The molecule has 1 aliphatic rings. The molecule has 1 aliphatic heterocycles. The van der Waals surface area contributed by atoms with E-state index in [0.717, 1.165) is 25.1 Å². The average molecular weight is 321 g/mol. The molecule has 0 aliphatic carbocycles. The zero-order valence-corrected chi connectivity index (χ0v) is 14.2. The molecule has 6 nitrogen and oxygen atoms in total. The summed E-state index contributed by atoms with van der Waals surface area (Å²) in [6, 6.07) is 5.60. The number of likely N-dealkylation sites (N-methyl/N-ethyl adjacent to an activating group) is 1. The molecule has 1 saturated heterocycles. The van der Waals surface area contributed by atoms with Crippen molar-refractivity contribution in [3.05, 3.63) is 29.3 Å². The molecule has 0 spiro atoms. The minimum atomic E-state index is -0.130. The van der Waals surface area contributed by atoms with Crippen LogP contribution in [0.1, 0.15) is 22.3 Å². The molecule has 0 saturated carbocycles. The standard InChI is InChI=1S/C17H27N3O3/c1-12-5-6-13(15(9-12)23-8-4-7-18)17(21)19-14-10-20(2)11-16(14)22-3/h5-6,9,14,16H,4,7-8,10-11,18H2,1-3H3,(H,19,21)/t14-,16-/m1/s1. The number of nitrogens with two attached hydrogens (primary N) is 1. The number of methoxy groups -OCH3 is 1. The first-order valence-electron chi connectivity index (χ1n) is 8.01. The predicted octanol–water partition coefficient (Wildman–Crippen LogP) is 0.781. The highest BCUT2D eigenvalue weighted by Crippen LogP contribution is 2.21. The zero-order valence-electron chi connectivity index (χ0n) is 14.2. The number of benzene rings is 1. The first-order chi connectivity index (χ1) is 11.0. The Morgan fingerprint density at radius 1 is 1.43 bits per heavy atom. The van der Waals surface area contributed by atoms with Gasteiger partial charge in [0.05, 0.1) is 24.3 Å². The van der Waals surface area contributed by atoms with Gasteiger partial charge in [-0.15, -0.1) is 0 Å². The third kappa shape index (κ3) is 4.67. The minimum Gasteiger partial charge on any atom is -0.493 e. The minimum absolute atomic E-state index is 0.0102. The highest BCUT2D eigenvalue weighted by Gasteiger charge is 2.32. The van der Waals surface area contributed by atoms with Crippen molar-refractivity contribution < 1.29 is 14.3 Å². The Labute approximate surface area is 137 Å². The number of likely N-dealkylation sites (tertiary alicyclic amines) is 1. The Bertz CT molecular complexity index is 536. The number of carbonyl (C=O) groups excluding carboxylic acids is 1. The van der Waals surface area contributed by atoms with Gasteiger partial charge >= 0.3 is 0 Å². The predicted molar refractivity (Wildman–Crippen MR) is 89.9 cm³/mol. The normalized spacial score (nSPS) is 21.4. The zero-order chi connectivity index (χ0) is 16.8. The lowest BCUT2D eigenvalue weighted by Crippen LogP contribution is -2.43. The van der Waals surface area contributed by atoms with Gasteiger partial charge < -0.3 is 25.4 Å². The van der Waals surface area contributed by atoms with Crippen molar-refractivity contribution in [3.63, 3.8) is 0 Å². The van der Waals surface area contributed by atoms with E-state index in [1.165, 1.54) is 0 Å². The number of nitrogens with zero attached hydrogens (tertiary/aromatic N) is 1. The van der Waals surface area contributed by atoms with Gasteiger partial charge in [-0.3, -0.25) is 4.79 Å². The van der Waals surface area contributed by atoms with E-state index in [1.54, 1.807) is 7.11 Å². The van der Waals surface area contributed by atoms with Crippen LogP contribution in [0.2, 0.25) is 0 Å². The van der Waals surface area contributed by atoms with E-state index in [9.17, 15) is 4.79 Å². The number of hydrogen-bond donors (Lipinski definition) is 2. The number of rotatable bonds is 7. The lowest BCUT2D eigenvalue weighted by atomic mass is 10.1. The van der Waals surface area contributed by atoms with Crippen LogP contribution in [0.15, 0.2) is 18.2 Å². The fraction of sp³-hybridized carbons (Fsp3) is 0.588. The van der Waals surface area contributed by atoms with Crippen molar-refractivity contribution in [2.75, 3.05) is 40.4 Å². The highest BCUT2D eigenvalue weighted by molar-refractivity contribution is 5.97. The summed E-state index contributed by atoms with van der Waals surface area (Å²) < 4.78 is 11.2. The molecule has 23 heavy (non-hydrogen) atoms. The van der Waals surface area contributed by atoms with E-state index in [2.05, 4.69) is 10.2 Å². The van der Waals surface area contributed by atoms with Crippen LogP contribution >= 0.6 is 0 Å². The number of nitrogens with one attached hydrogen (secondary N) is 1. The molecule has 0 unspecified atom stereocenters. The van der Waals surface area contributed by atoms with Crippen LogP contribution in [0.3, 0.4) is 0 Å². The lowest BCUT2D eigenvalue weighted by molar-refractivity contribution is 0.0763. The monoisotopic (exact) mass is 321 g/mol. The number of hydrogen-bond acceptors (Lipinski definition) is 5. The van der Waals surface area contributed by atoms with Gasteiger partial charge in [-0.25, -0.2) is 0 Å². The topological polar surface area (TPSA) is 76.8 Å². The summed E-state index contributed by atoms with van der Waals surface area (Å²) in [6.07, 6.45) is 0.768. The summed E-state index contributed by atoms with van der Waals surface area (Å²) in [7, 11) is 3.70. The second-order valence-corrected chi connectivity index (χ2v) is 6.07. The van der Waals surface area contributed by atoms with Crippen LogP contribution in [-0.2, 0) is 4.74 Å². The van der Waals surface area contributed by atoms with Crippen LogP contribution in [0, 0.1) is 6.92 Å². The molecule has 2 atom stereocenters. The largest absolute Gasteiger partial charge is 0.493 e. The maximum Gasteiger partial charge on any atom is 0.255 e. The first-order valence-corrected chi connectivity index (χ1v) is 8.01. The molecule has 0 aromatic heterocycles. The molecule has 1 aromatic rings. The van der Waals surface area contributed by atoms with Gasteiger partial charge in [-0.05, 0) is 44.6 Å². The lowest BCUT2D eigenvalue weighted by Gasteiger charge is -2.19. The fourth-order valence-corrected chi connectivity index (χ4v) is 2.79. The molecular formula is C17H27N3O3. The van der Waals surface area contributed by atoms with Crippen molar-refractivity contribution in [2.24, 2.45) is 5.73 Å². The number of aryl methyl sites for hydroxylation is 1. The molecule has 0 radical (unpaired) electrons. The fourth-order valence-electron chi connectivity index (χ4n) is 2.79. The molecule has 3 N–H and O–H groups in total. The second kappa shape index (κ2) is 8.29. The Kier molecular flexibility index (Phi) is 6.38. The van der Waals surface area contributed by atoms with Gasteiger partial charge in [0.25, 0.3) is 5.91 Å². The Morgan fingerprint density at radius 3 is 2.91 bits per heavy atom. The van der Waals surface area contributed by atoms with Crippen LogP contribution in [-0.4, -0.2) is 63.4 Å². The van der Waals surface area contributed by atoms with Gasteiger partial charge in [0, 0.05) is 20.2 Å². The van der Waals surface area contributed by atoms with E-state index in [-0.39, 0.29) is 18.1 Å². The van der Waals surface area contributed by atoms with Crippen molar-refractivity contribution >= 4 is 5.91 Å². The molecule has 1 amide bonds. The van der Waals surface area contributed by atoms with Crippen LogP contribution in [0.25, 0.3) is 0 Å². The van der Waals surface area contributed by atoms with Gasteiger partial charge in [-0.1, -0.05) is 6.07 Å². The van der Waals surface area contributed by atoms with Crippen molar-refractivity contribution in [1.82, 2.24) is 10.2 Å². The molecule has 2 rings (SSSR count). The van der Waals surface area contributed by atoms with E-state index < -0.39 is 0 Å². The van der Waals surface area contributed by atoms with Gasteiger partial charge in [0.1, 0.15) is 5.75 Å². The maximum absolute atomic E-state index is 12.6. The summed E-state index contributed by atoms with van der Waals surface area (Å²) in [4.78, 5) is 14.8. The summed E-state index contributed by atoms with van der Waals surface area (Å²) in [5.41, 5.74) is 7.10. The van der Waals surface area contributed by atoms with Crippen LogP contribution in [0.4, 0.5) is 0 Å². The highest BCUT2D eigenvalue weighted by atomic mass is 16.5. The summed E-state index contributed by atoms with van der Waals surface area (Å²) in [5.74, 6) is 0.478. The molecule has 0 bridgehead atoms. The molecule has 1 aromatic carbocycles. The number of carbonyl (C=O) groups is 1. The Morgan fingerprint density at radius 2 is 2.22 bits per heavy atom. The number of amides is 1. The number of ether oxygens (including phenoxy) is 2. The van der Waals surface area contributed by atoms with Crippen LogP contribution in [0.5, 0.6) is 5.75 Å². The Hall–Kier alpha value is -1.63.